The molecule has 11 heteroatoms. The van der Waals surface area contributed by atoms with Gasteiger partial charge in [-0.3, -0.25) is 4.79 Å². The fraction of sp³-hybridized carbons (Fsp3) is 0.333. The zero-order valence-corrected chi connectivity index (χ0v) is 21.2. The number of carbonyl (C=O) groups excluding carboxylic acids is 1. The summed E-state index contributed by atoms with van der Waals surface area (Å²) in [4.78, 5) is 12.9. The Hall–Kier alpha value is -2.13. The summed E-state index contributed by atoms with van der Waals surface area (Å²) >= 11 is 23.6. The summed E-state index contributed by atoms with van der Waals surface area (Å²) in [5.41, 5.74) is 3.02. The summed E-state index contributed by atoms with van der Waals surface area (Å²) in [7, 11) is 4.36. The number of carbonyl (C=O) groups is 1. The largest absolute Gasteiger partial charge is 0.493 e. The van der Waals surface area contributed by atoms with Crippen LogP contribution in [0.4, 0.5) is 5.69 Å². The quantitative estimate of drug-likeness (QED) is 0.276. The molecule has 0 fully saturated rings. The number of hydrogen-bond donors (Lipinski definition) is 3. The number of alkyl halides is 3. The van der Waals surface area contributed by atoms with E-state index in [1.54, 1.807) is 0 Å². The first kappa shape index (κ1) is 26.1. The van der Waals surface area contributed by atoms with E-state index in [0.29, 0.717) is 17.2 Å². The Labute approximate surface area is 207 Å². The fourth-order valence-corrected chi connectivity index (χ4v) is 3.34. The van der Waals surface area contributed by atoms with Crippen LogP contribution in [-0.2, 0) is 0 Å². The topological polar surface area (TPSA) is 80.9 Å². The molecule has 7 nitrogen and oxygen atoms in total. The van der Waals surface area contributed by atoms with Crippen molar-refractivity contribution in [2.75, 3.05) is 26.6 Å². The predicted molar refractivity (Wildman–Crippen MR) is 133 cm³/mol. The van der Waals surface area contributed by atoms with Gasteiger partial charge < -0.3 is 30.2 Å². The van der Waals surface area contributed by atoms with Gasteiger partial charge in [0.25, 0.3) is 5.91 Å². The first-order valence-electron chi connectivity index (χ1n) is 9.32. The second kappa shape index (κ2) is 11.1. The number of thiocarbonyl (C=S) groups is 1. The highest BCUT2D eigenvalue weighted by Gasteiger charge is 2.35. The van der Waals surface area contributed by atoms with Crippen LogP contribution < -0.4 is 30.2 Å². The van der Waals surface area contributed by atoms with Crippen molar-refractivity contribution < 1.29 is 19.0 Å². The average molecular weight is 521 g/mol. The van der Waals surface area contributed by atoms with Crippen molar-refractivity contribution in [2.45, 2.75) is 23.8 Å². The highest BCUT2D eigenvalue weighted by molar-refractivity contribution is 7.80. The van der Waals surface area contributed by atoms with Crippen LogP contribution in [0.2, 0.25) is 0 Å². The maximum absolute atomic E-state index is 12.9. The number of aryl methyl sites for hydroxylation is 2. The van der Waals surface area contributed by atoms with Gasteiger partial charge >= 0.3 is 0 Å². The summed E-state index contributed by atoms with van der Waals surface area (Å²) in [6.45, 7) is 3.89. The van der Waals surface area contributed by atoms with E-state index in [2.05, 4.69) is 16.0 Å². The number of methoxy groups -OCH3 is 3. The van der Waals surface area contributed by atoms with Crippen LogP contribution in [0.5, 0.6) is 17.2 Å². The number of halogens is 3. The van der Waals surface area contributed by atoms with Crippen molar-refractivity contribution in [3.63, 3.8) is 0 Å². The Bertz CT molecular complexity index is 974. The van der Waals surface area contributed by atoms with Gasteiger partial charge in [-0.1, -0.05) is 46.9 Å². The molecule has 1 atom stereocenters. The smallest absolute Gasteiger partial charge is 0.253 e. The first-order valence-corrected chi connectivity index (χ1v) is 10.9. The zero-order valence-electron chi connectivity index (χ0n) is 18.1. The third-order valence-electron chi connectivity index (χ3n) is 4.45. The highest BCUT2D eigenvalue weighted by Crippen LogP contribution is 2.38. The summed E-state index contributed by atoms with van der Waals surface area (Å²) in [6.07, 6.45) is -1.15. The van der Waals surface area contributed by atoms with Crippen molar-refractivity contribution >= 4 is 63.7 Å². The van der Waals surface area contributed by atoms with Gasteiger partial charge in [-0.15, -0.1) is 0 Å². The average Bonchev–Trinajstić information content (AvgIpc) is 2.73. The molecule has 32 heavy (non-hydrogen) atoms. The predicted octanol–water partition coefficient (Wildman–Crippen LogP) is 4.74. The molecule has 2 aromatic carbocycles. The lowest BCUT2D eigenvalue weighted by molar-refractivity contribution is 0.0933. The van der Waals surface area contributed by atoms with Crippen LogP contribution in [0.1, 0.15) is 21.5 Å². The molecule has 0 aliphatic carbocycles. The molecule has 1 amide bonds. The van der Waals surface area contributed by atoms with Gasteiger partial charge in [-0.25, -0.2) is 0 Å². The minimum absolute atomic E-state index is 0.167. The number of hydrogen-bond acceptors (Lipinski definition) is 5. The van der Waals surface area contributed by atoms with Gasteiger partial charge in [-0.05, 0) is 55.4 Å². The number of rotatable bonds is 7. The monoisotopic (exact) mass is 519 g/mol. The van der Waals surface area contributed by atoms with Gasteiger partial charge in [0.05, 0.1) is 21.3 Å². The molecule has 0 spiro atoms. The minimum atomic E-state index is -1.91. The van der Waals surface area contributed by atoms with Crippen LogP contribution in [0.3, 0.4) is 0 Å². The fourth-order valence-electron chi connectivity index (χ4n) is 2.79. The van der Waals surface area contributed by atoms with E-state index in [4.69, 9.17) is 61.2 Å². The second-order valence-corrected chi connectivity index (χ2v) is 9.56. The normalized spacial score (nSPS) is 11.9. The molecular weight excluding hydrogens is 497 g/mol. The molecule has 3 N–H and O–H groups in total. The van der Waals surface area contributed by atoms with Crippen LogP contribution in [-0.4, -0.2) is 42.3 Å². The molecule has 2 aromatic rings. The van der Waals surface area contributed by atoms with Gasteiger partial charge in [-0.2, -0.15) is 0 Å². The summed E-state index contributed by atoms with van der Waals surface area (Å²) in [5.74, 6) is 0.411. The lowest BCUT2D eigenvalue weighted by Crippen LogP contribution is -2.56. The standard InChI is InChI=1S/C21H24Cl3N3O4S/c1-11-6-7-12(2)14(8-11)25-20(32)27-19(21(22,23)24)26-18(28)13-9-15(29-3)17(31-5)16(10-13)30-4/h6-10,19H,1-5H3,(H,26,28)(H2,25,27,32). The van der Waals surface area contributed by atoms with Crippen molar-refractivity contribution in [3.8, 4) is 17.2 Å². The Morgan fingerprint density at radius 3 is 2.06 bits per heavy atom. The molecule has 2 rings (SSSR count). The van der Waals surface area contributed by atoms with Gasteiger partial charge in [0.1, 0.15) is 6.17 Å². The molecule has 0 bridgehead atoms. The lowest BCUT2D eigenvalue weighted by atomic mass is 10.1. The number of anilines is 1. The van der Waals surface area contributed by atoms with E-state index in [-0.39, 0.29) is 10.7 Å². The number of ether oxygens (including phenoxy) is 3. The van der Waals surface area contributed by atoms with E-state index in [9.17, 15) is 4.79 Å². The third kappa shape index (κ3) is 6.68. The number of nitrogens with one attached hydrogen (secondary N) is 3. The van der Waals surface area contributed by atoms with Crippen LogP contribution in [0.15, 0.2) is 30.3 Å². The summed E-state index contributed by atoms with van der Waals surface area (Å²) in [5, 5.41) is 8.69. The Balaban J connectivity index is 2.23. The maximum Gasteiger partial charge on any atom is 0.253 e. The minimum Gasteiger partial charge on any atom is -0.493 e. The molecule has 174 valence electrons. The van der Waals surface area contributed by atoms with E-state index < -0.39 is 15.9 Å². The van der Waals surface area contributed by atoms with E-state index in [1.807, 2.05) is 32.0 Å². The van der Waals surface area contributed by atoms with E-state index in [1.165, 1.54) is 33.5 Å². The molecule has 0 aromatic heterocycles. The maximum atomic E-state index is 12.9. The van der Waals surface area contributed by atoms with E-state index in [0.717, 1.165) is 16.8 Å². The number of amides is 1. The number of benzene rings is 2. The van der Waals surface area contributed by atoms with Crippen molar-refractivity contribution in [2.24, 2.45) is 0 Å². The molecule has 0 aliphatic heterocycles. The summed E-state index contributed by atoms with van der Waals surface area (Å²) < 4.78 is 13.9. The Kier molecular flexibility index (Phi) is 9.09. The molecule has 0 saturated carbocycles. The molecule has 0 saturated heterocycles. The Morgan fingerprint density at radius 1 is 0.969 bits per heavy atom. The van der Waals surface area contributed by atoms with Crippen molar-refractivity contribution in [3.05, 3.63) is 47.0 Å². The van der Waals surface area contributed by atoms with Crippen LogP contribution in [0.25, 0.3) is 0 Å². The van der Waals surface area contributed by atoms with Gasteiger partial charge in [0, 0.05) is 11.3 Å². The molecular formula is C21H24Cl3N3O4S. The molecule has 0 aliphatic rings. The van der Waals surface area contributed by atoms with E-state index >= 15 is 0 Å². The van der Waals surface area contributed by atoms with Gasteiger partial charge in [0.15, 0.2) is 16.6 Å². The van der Waals surface area contributed by atoms with Crippen LogP contribution in [0, 0.1) is 13.8 Å². The molecule has 1 unspecified atom stereocenters. The van der Waals surface area contributed by atoms with Crippen molar-refractivity contribution in [1.82, 2.24) is 10.6 Å². The zero-order chi connectivity index (χ0) is 24.1. The van der Waals surface area contributed by atoms with Crippen molar-refractivity contribution in [1.29, 1.82) is 0 Å². The SMILES string of the molecule is COc1cc(C(=O)NC(NC(=S)Nc2cc(C)ccc2C)C(Cl)(Cl)Cl)cc(OC)c1OC. The first-order chi connectivity index (χ1) is 15.0. The molecule has 0 radical (unpaired) electrons. The second-order valence-electron chi connectivity index (χ2n) is 6.78. The summed E-state index contributed by atoms with van der Waals surface area (Å²) in [6, 6.07) is 8.84. The van der Waals surface area contributed by atoms with Gasteiger partial charge in [0.2, 0.25) is 9.54 Å². The lowest BCUT2D eigenvalue weighted by Gasteiger charge is -2.28. The van der Waals surface area contributed by atoms with Crippen LogP contribution >= 0.6 is 47.0 Å². The third-order valence-corrected chi connectivity index (χ3v) is 5.32. The molecule has 0 heterocycles. The Morgan fingerprint density at radius 2 is 1.56 bits per heavy atom. The highest BCUT2D eigenvalue weighted by atomic mass is 35.6.